The third kappa shape index (κ3) is 3.90. The maximum absolute atomic E-state index is 5.41. The molecule has 0 aliphatic carbocycles. The molecule has 0 amide bonds. The molecule has 0 unspecified atom stereocenters. The zero-order valence-electron chi connectivity index (χ0n) is 6.39. The standard InChI is InChI=1S/C8H10N.BrH.Zn/c1-7-4-2-3-5-8(7)6-9;;/h2-5H,1,6,9H2;1H;/q-1;;+2/p-1. The van der Waals surface area contributed by atoms with Gasteiger partial charge in [-0.25, -0.2) is 0 Å². The average Bonchev–Trinajstić information content (AvgIpc) is 2.09. The van der Waals surface area contributed by atoms with E-state index in [1.807, 2.05) is 24.3 Å². The molecule has 1 aromatic rings. The first-order chi connectivity index (χ1) is 5.34. The Kier molecular flexibility index (Phi) is 6.93. The maximum atomic E-state index is 5.41. The van der Waals surface area contributed by atoms with Gasteiger partial charge in [-0.2, -0.15) is 18.6 Å². The van der Waals surface area contributed by atoms with Gasteiger partial charge in [-0.3, -0.25) is 0 Å². The monoisotopic (exact) mass is 263 g/mol. The van der Waals surface area contributed by atoms with Gasteiger partial charge in [0.15, 0.2) is 0 Å². The number of benzene rings is 1. The zero-order valence-corrected chi connectivity index (χ0v) is 10.9. The van der Waals surface area contributed by atoms with Gasteiger partial charge in [-0.05, 0) is 6.54 Å². The summed E-state index contributed by atoms with van der Waals surface area (Å²) in [7, 11) is 0. The summed E-state index contributed by atoms with van der Waals surface area (Å²) in [6.45, 7) is 4.39. The average molecular weight is 265 g/mol. The van der Waals surface area contributed by atoms with Crippen molar-refractivity contribution in [1.82, 2.24) is 0 Å². The summed E-state index contributed by atoms with van der Waals surface area (Å²) in [6, 6.07) is 7.88. The van der Waals surface area contributed by atoms with Gasteiger partial charge in [0.2, 0.25) is 0 Å². The molecule has 56 valence electrons. The molecule has 0 saturated carbocycles. The van der Waals surface area contributed by atoms with Crippen LogP contribution in [-0.4, -0.2) is 0 Å². The Bertz CT molecular complexity index is 203. The normalized spacial score (nSPS) is 8.36. The third-order valence-electron chi connectivity index (χ3n) is 1.34. The molecule has 0 bridgehead atoms. The first kappa shape index (κ1) is 11.2. The molecular formula is C8H10BrNZn. The molecule has 0 radical (unpaired) electrons. The van der Waals surface area contributed by atoms with Crippen molar-refractivity contribution in [3.8, 4) is 0 Å². The number of hydrogen-bond acceptors (Lipinski definition) is 1. The van der Waals surface area contributed by atoms with Crippen LogP contribution in [0.2, 0.25) is 0 Å². The van der Waals surface area contributed by atoms with E-state index in [4.69, 9.17) is 5.73 Å². The van der Waals surface area contributed by atoms with E-state index < -0.39 is 0 Å². The molecule has 0 heterocycles. The van der Waals surface area contributed by atoms with E-state index in [0.717, 1.165) is 11.1 Å². The molecule has 0 fully saturated rings. The van der Waals surface area contributed by atoms with Crippen LogP contribution < -0.4 is 5.73 Å². The van der Waals surface area contributed by atoms with Crippen molar-refractivity contribution >= 4 is 13.6 Å². The van der Waals surface area contributed by atoms with Gasteiger partial charge in [-0.15, -0.1) is 17.7 Å². The minimum atomic E-state index is 0.583. The van der Waals surface area contributed by atoms with Crippen LogP contribution in [0.25, 0.3) is 0 Å². The molecule has 1 rings (SSSR count). The van der Waals surface area contributed by atoms with E-state index in [-0.39, 0.29) is 0 Å². The summed E-state index contributed by atoms with van der Waals surface area (Å²) in [5.41, 5.74) is 7.56. The van der Waals surface area contributed by atoms with E-state index in [2.05, 4.69) is 20.5 Å². The summed E-state index contributed by atoms with van der Waals surface area (Å²) in [5, 5.41) is 0. The van der Waals surface area contributed by atoms with E-state index in [0.29, 0.717) is 6.54 Å². The van der Waals surface area contributed by atoms with Gasteiger partial charge < -0.3 is 5.73 Å². The van der Waals surface area contributed by atoms with Gasteiger partial charge >= 0.3 is 30.0 Å². The van der Waals surface area contributed by atoms with Crippen molar-refractivity contribution in [2.45, 2.75) is 6.54 Å². The topological polar surface area (TPSA) is 26.0 Å². The summed E-state index contributed by atoms with van der Waals surface area (Å²) < 4.78 is 0. The van der Waals surface area contributed by atoms with Gasteiger partial charge in [0, 0.05) is 0 Å². The third-order valence-corrected chi connectivity index (χ3v) is 1.34. The molecule has 0 aliphatic heterocycles. The molecule has 1 nitrogen and oxygen atoms in total. The molecule has 2 N–H and O–H groups in total. The molecule has 0 aliphatic rings. The molecule has 3 heteroatoms. The minimum absolute atomic E-state index is 0.583. The quantitative estimate of drug-likeness (QED) is 0.611. The van der Waals surface area contributed by atoms with Crippen molar-refractivity contribution < 1.29 is 16.3 Å². The van der Waals surface area contributed by atoms with Gasteiger partial charge in [0.1, 0.15) is 0 Å². The predicted molar refractivity (Wildman–Crippen MR) is 47.7 cm³/mol. The zero-order chi connectivity index (χ0) is 8.69. The summed E-state index contributed by atoms with van der Waals surface area (Å²) in [5.74, 6) is 0. The summed E-state index contributed by atoms with van der Waals surface area (Å²) in [6.07, 6.45) is 0. The fourth-order valence-electron chi connectivity index (χ4n) is 0.757. The van der Waals surface area contributed by atoms with Gasteiger partial charge in [-0.1, -0.05) is 6.07 Å². The Balaban J connectivity index is 0.000000461. The van der Waals surface area contributed by atoms with Crippen LogP contribution in [0, 0.1) is 6.92 Å². The Hall–Kier alpha value is 0.153. The molecule has 0 spiro atoms. The van der Waals surface area contributed by atoms with Crippen molar-refractivity contribution in [2.24, 2.45) is 5.73 Å². The molecule has 0 saturated heterocycles. The Morgan fingerprint density at radius 1 is 1.36 bits per heavy atom. The second kappa shape index (κ2) is 6.84. The number of nitrogens with two attached hydrogens (primary N) is 1. The molecule has 0 atom stereocenters. The Morgan fingerprint density at radius 2 is 1.91 bits per heavy atom. The number of rotatable bonds is 1. The van der Waals surface area contributed by atoms with E-state index in [9.17, 15) is 0 Å². The van der Waals surface area contributed by atoms with Crippen LogP contribution in [0.3, 0.4) is 0 Å². The molecule has 0 aromatic heterocycles. The van der Waals surface area contributed by atoms with E-state index >= 15 is 0 Å². The Morgan fingerprint density at radius 3 is 2.27 bits per heavy atom. The van der Waals surface area contributed by atoms with Crippen LogP contribution >= 0.6 is 13.6 Å². The first-order valence-corrected chi connectivity index (χ1v) is 10.2. The van der Waals surface area contributed by atoms with Crippen LogP contribution in [-0.2, 0) is 22.9 Å². The van der Waals surface area contributed by atoms with Crippen LogP contribution in [0.5, 0.6) is 0 Å². The second-order valence-corrected chi connectivity index (χ2v) is 1.97. The predicted octanol–water partition coefficient (Wildman–Crippen LogP) is 2.17. The van der Waals surface area contributed by atoms with Crippen molar-refractivity contribution in [1.29, 1.82) is 0 Å². The van der Waals surface area contributed by atoms with Gasteiger partial charge in [0.05, 0.1) is 0 Å². The summed E-state index contributed by atoms with van der Waals surface area (Å²) in [4.78, 5) is 0. The second-order valence-electron chi connectivity index (χ2n) is 1.97. The van der Waals surface area contributed by atoms with Crippen LogP contribution in [0.1, 0.15) is 11.1 Å². The molecular weight excluding hydrogens is 255 g/mol. The number of halogens is 1. The first-order valence-electron chi connectivity index (χ1n) is 3.21. The van der Waals surface area contributed by atoms with Crippen molar-refractivity contribution in [2.75, 3.05) is 0 Å². The van der Waals surface area contributed by atoms with Crippen LogP contribution in [0.4, 0.5) is 0 Å². The Labute approximate surface area is 84.4 Å². The van der Waals surface area contributed by atoms with Crippen molar-refractivity contribution in [3.63, 3.8) is 0 Å². The molecule has 11 heavy (non-hydrogen) atoms. The molecule has 1 aromatic carbocycles. The fraction of sp³-hybridized carbons (Fsp3) is 0.125. The van der Waals surface area contributed by atoms with Crippen LogP contribution in [0.15, 0.2) is 24.3 Å². The fourth-order valence-corrected chi connectivity index (χ4v) is 0.757. The SMILES string of the molecule is [CH2-]c1ccccc1CN.[Zn+][Br]. The number of hydrogen-bond donors (Lipinski definition) is 1. The van der Waals surface area contributed by atoms with Gasteiger partial charge in [0.25, 0.3) is 0 Å². The van der Waals surface area contributed by atoms with E-state index in [1.54, 1.807) is 0 Å². The van der Waals surface area contributed by atoms with Crippen molar-refractivity contribution in [3.05, 3.63) is 42.3 Å². The van der Waals surface area contributed by atoms with E-state index in [1.165, 1.54) is 16.3 Å². The summed E-state index contributed by atoms with van der Waals surface area (Å²) >= 11 is 4.25.